The number of aliphatic hydroxyl groups is 1. The van der Waals surface area contributed by atoms with Crippen LogP contribution in [0.2, 0.25) is 0 Å². The normalized spacial score (nSPS) is 19.3. The third-order valence-electron chi connectivity index (χ3n) is 5.81. The van der Waals surface area contributed by atoms with Crippen LogP contribution in [0.4, 0.5) is 0 Å². The van der Waals surface area contributed by atoms with Gasteiger partial charge in [0.05, 0.1) is 11.8 Å². The molecule has 0 bridgehead atoms. The Balaban J connectivity index is 1.67. The summed E-state index contributed by atoms with van der Waals surface area (Å²) in [4.78, 5) is 39.2. The summed E-state index contributed by atoms with van der Waals surface area (Å²) in [7, 11) is 0. The topological polar surface area (TPSA) is 125 Å². The fourth-order valence-electron chi connectivity index (χ4n) is 4.00. The Morgan fingerprint density at radius 3 is 2.45 bits per heavy atom. The first kappa shape index (κ1) is 24.4. The number of rotatable bonds is 6. The number of aliphatic hydroxyl groups excluding tert-OH is 1. The Kier molecular flexibility index (Phi) is 7.22. The number of aromatic nitrogens is 1. The van der Waals surface area contributed by atoms with Gasteiger partial charge in [0.1, 0.15) is 18.3 Å². The molecule has 9 heteroatoms. The highest BCUT2D eigenvalue weighted by molar-refractivity contribution is 5.92. The Bertz CT molecular complexity index is 1010. The van der Waals surface area contributed by atoms with Crippen molar-refractivity contribution in [3.63, 3.8) is 0 Å². The SMILES string of the molecule is CC(=O)NC(C(=O)N1CC(O)CC1C(=O)NCc1ccc(-c2conc2C)cc1)C(C)(C)C. The van der Waals surface area contributed by atoms with Crippen molar-refractivity contribution >= 4 is 17.7 Å². The minimum absolute atomic E-state index is 0.0515. The Morgan fingerprint density at radius 1 is 1.24 bits per heavy atom. The van der Waals surface area contributed by atoms with Gasteiger partial charge in [-0.2, -0.15) is 0 Å². The van der Waals surface area contributed by atoms with Crippen LogP contribution in [0.5, 0.6) is 0 Å². The van der Waals surface area contributed by atoms with E-state index in [0.717, 1.165) is 22.4 Å². The molecule has 2 aromatic rings. The van der Waals surface area contributed by atoms with Crippen LogP contribution in [0.15, 0.2) is 35.1 Å². The van der Waals surface area contributed by atoms with E-state index in [1.807, 2.05) is 52.0 Å². The zero-order valence-electron chi connectivity index (χ0n) is 19.7. The van der Waals surface area contributed by atoms with Crippen molar-refractivity contribution in [3.8, 4) is 11.1 Å². The van der Waals surface area contributed by atoms with E-state index in [0.29, 0.717) is 0 Å². The van der Waals surface area contributed by atoms with Crippen molar-refractivity contribution in [2.45, 2.75) is 65.8 Å². The van der Waals surface area contributed by atoms with Gasteiger partial charge in [0.25, 0.3) is 0 Å². The molecule has 0 spiro atoms. The summed E-state index contributed by atoms with van der Waals surface area (Å²) >= 11 is 0. The van der Waals surface area contributed by atoms with Gasteiger partial charge in [-0.15, -0.1) is 0 Å². The maximum Gasteiger partial charge on any atom is 0.246 e. The van der Waals surface area contributed by atoms with E-state index in [2.05, 4.69) is 15.8 Å². The molecule has 2 heterocycles. The number of β-amino-alcohol motifs (C(OH)–C–C–N with tert-alkyl or cyclic N) is 1. The van der Waals surface area contributed by atoms with E-state index >= 15 is 0 Å². The zero-order chi connectivity index (χ0) is 24.3. The van der Waals surface area contributed by atoms with Crippen LogP contribution in [0.25, 0.3) is 11.1 Å². The van der Waals surface area contributed by atoms with Gasteiger partial charge in [0.2, 0.25) is 17.7 Å². The molecule has 3 rings (SSSR count). The maximum atomic E-state index is 13.2. The molecular weight excluding hydrogens is 424 g/mol. The van der Waals surface area contributed by atoms with Crippen LogP contribution >= 0.6 is 0 Å². The van der Waals surface area contributed by atoms with Crippen LogP contribution in [0.1, 0.15) is 45.4 Å². The molecule has 1 aliphatic heterocycles. The molecule has 1 saturated heterocycles. The minimum atomic E-state index is -0.802. The molecule has 9 nitrogen and oxygen atoms in total. The molecule has 3 amide bonds. The number of nitrogens with zero attached hydrogens (tertiary/aromatic N) is 2. The number of amides is 3. The monoisotopic (exact) mass is 456 g/mol. The first-order valence-electron chi connectivity index (χ1n) is 11.0. The second-order valence-electron chi connectivity index (χ2n) is 9.62. The number of aryl methyl sites for hydroxylation is 1. The van der Waals surface area contributed by atoms with Gasteiger partial charge in [-0.25, -0.2) is 0 Å². The van der Waals surface area contributed by atoms with Crippen molar-refractivity contribution < 1.29 is 24.0 Å². The average Bonchev–Trinajstić information content (AvgIpc) is 3.35. The Hall–Kier alpha value is -3.20. The summed E-state index contributed by atoms with van der Waals surface area (Å²) < 4.78 is 4.98. The summed E-state index contributed by atoms with van der Waals surface area (Å²) in [5, 5.41) is 19.6. The molecule has 1 aliphatic rings. The van der Waals surface area contributed by atoms with Gasteiger partial charge in [-0.3, -0.25) is 14.4 Å². The minimum Gasteiger partial charge on any atom is -0.391 e. The second kappa shape index (κ2) is 9.74. The molecular formula is C24H32N4O5. The van der Waals surface area contributed by atoms with E-state index < -0.39 is 23.6 Å². The number of carbonyl (C=O) groups excluding carboxylic acids is 3. The predicted molar refractivity (Wildman–Crippen MR) is 122 cm³/mol. The lowest BCUT2D eigenvalue weighted by Crippen LogP contribution is -2.57. The van der Waals surface area contributed by atoms with Crippen molar-refractivity contribution in [3.05, 3.63) is 41.8 Å². The highest BCUT2D eigenvalue weighted by atomic mass is 16.5. The van der Waals surface area contributed by atoms with Crippen molar-refractivity contribution in [2.75, 3.05) is 6.54 Å². The molecule has 1 fully saturated rings. The molecule has 3 N–H and O–H groups in total. The van der Waals surface area contributed by atoms with Crippen LogP contribution in [-0.4, -0.2) is 57.6 Å². The first-order valence-corrected chi connectivity index (χ1v) is 11.0. The third-order valence-corrected chi connectivity index (χ3v) is 5.81. The largest absolute Gasteiger partial charge is 0.391 e. The maximum absolute atomic E-state index is 13.2. The molecule has 0 saturated carbocycles. The summed E-state index contributed by atoms with van der Waals surface area (Å²) in [6, 6.07) is 6.06. The van der Waals surface area contributed by atoms with Crippen LogP contribution in [0.3, 0.4) is 0 Å². The molecule has 0 aliphatic carbocycles. The summed E-state index contributed by atoms with van der Waals surface area (Å²) in [5.41, 5.74) is 3.01. The lowest BCUT2D eigenvalue weighted by molar-refractivity contribution is -0.143. The van der Waals surface area contributed by atoms with Crippen LogP contribution < -0.4 is 10.6 Å². The molecule has 1 aromatic carbocycles. The first-order chi connectivity index (χ1) is 15.5. The molecule has 178 valence electrons. The Labute approximate surface area is 193 Å². The van der Waals surface area contributed by atoms with E-state index in [9.17, 15) is 19.5 Å². The number of hydrogen-bond donors (Lipinski definition) is 3. The van der Waals surface area contributed by atoms with Gasteiger partial charge in [-0.05, 0) is 23.5 Å². The predicted octanol–water partition coefficient (Wildman–Crippen LogP) is 1.78. The number of benzene rings is 1. The lowest BCUT2D eigenvalue weighted by Gasteiger charge is -2.35. The van der Waals surface area contributed by atoms with Crippen molar-refractivity contribution in [1.82, 2.24) is 20.7 Å². The smallest absolute Gasteiger partial charge is 0.246 e. The van der Waals surface area contributed by atoms with E-state index in [4.69, 9.17) is 4.52 Å². The molecule has 33 heavy (non-hydrogen) atoms. The quantitative estimate of drug-likeness (QED) is 0.609. The second-order valence-corrected chi connectivity index (χ2v) is 9.62. The van der Waals surface area contributed by atoms with E-state index in [1.54, 1.807) is 6.26 Å². The lowest BCUT2D eigenvalue weighted by atomic mass is 9.85. The van der Waals surface area contributed by atoms with Crippen molar-refractivity contribution in [2.24, 2.45) is 5.41 Å². The van der Waals surface area contributed by atoms with Gasteiger partial charge in [-0.1, -0.05) is 50.2 Å². The zero-order valence-corrected chi connectivity index (χ0v) is 19.7. The fraction of sp³-hybridized carbons (Fsp3) is 0.500. The number of likely N-dealkylation sites (tertiary alicyclic amines) is 1. The number of nitrogens with one attached hydrogen (secondary N) is 2. The molecule has 0 radical (unpaired) electrons. The molecule has 3 atom stereocenters. The fourth-order valence-corrected chi connectivity index (χ4v) is 4.00. The number of carbonyl (C=O) groups is 3. The Morgan fingerprint density at radius 2 is 1.91 bits per heavy atom. The summed E-state index contributed by atoms with van der Waals surface area (Å²) in [6.45, 7) is 9.09. The third kappa shape index (κ3) is 5.78. The molecule has 1 aromatic heterocycles. The van der Waals surface area contributed by atoms with E-state index in [1.165, 1.54) is 11.8 Å². The van der Waals surface area contributed by atoms with Gasteiger partial charge >= 0.3 is 0 Å². The van der Waals surface area contributed by atoms with Gasteiger partial charge < -0.3 is 25.2 Å². The van der Waals surface area contributed by atoms with Gasteiger partial charge in [0.15, 0.2) is 0 Å². The standard InChI is InChI=1S/C24H32N4O5/c1-14-19(13-33-27-14)17-8-6-16(7-9-17)11-25-22(31)20-10-18(30)12-28(20)23(32)21(24(3,4)5)26-15(2)29/h6-9,13,18,20-21,30H,10-12H2,1-5H3,(H,25,31)(H,26,29). The molecule has 3 unspecified atom stereocenters. The highest BCUT2D eigenvalue weighted by Gasteiger charge is 2.44. The highest BCUT2D eigenvalue weighted by Crippen LogP contribution is 2.26. The summed E-state index contributed by atoms with van der Waals surface area (Å²) in [6.07, 6.45) is 0.948. The van der Waals surface area contributed by atoms with Gasteiger partial charge in [0, 0.05) is 32.0 Å². The summed E-state index contributed by atoms with van der Waals surface area (Å²) in [5.74, 6) is -1.04. The van der Waals surface area contributed by atoms with Crippen LogP contribution in [-0.2, 0) is 20.9 Å². The number of hydrogen-bond acceptors (Lipinski definition) is 6. The van der Waals surface area contributed by atoms with Crippen molar-refractivity contribution in [1.29, 1.82) is 0 Å². The van der Waals surface area contributed by atoms with E-state index in [-0.39, 0.29) is 37.2 Å². The van der Waals surface area contributed by atoms with Crippen LogP contribution in [0, 0.1) is 12.3 Å². The average molecular weight is 457 g/mol.